The quantitative estimate of drug-likeness (QED) is 0.558. The normalized spacial score (nSPS) is 9.70. The standard InChI is InChI=1S/C9H11N/c1-3-9(4-2)10-7-5-6-8-10/h3-9H,1-2H2. The van der Waals surface area contributed by atoms with E-state index in [1.165, 1.54) is 0 Å². The minimum absolute atomic E-state index is 0.231. The minimum atomic E-state index is 0.231. The van der Waals surface area contributed by atoms with Crippen molar-refractivity contribution in [1.29, 1.82) is 0 Å². The van der Waals surface area contributed by atoms with Crippen LogP contribution >= 0.6 is 0 Å². The fraction of sp³-hybridized carbons (Fsp3) is 0.111. The lowest BCUT2D eigenvalue weighted by molar-refractivity contribution is 0.731. The van der Waals surface area contributed by atoms with E-state index < -0.39 is 0 Å². The van der Waals surface area contributed by atoms with Gasteiger partial charge in [0.05, 0.1) is 6.04 Å². The summed E-state index contributed by atoms with van der Waals surface area (Å²) in [5.41, 5.74) is 0. The monoisotopic (exact) mass is 133 g/mol. The first-order valence-corrected chi connectivity index (χ1v) is 3.26. The van der Waals surface area contributed by atoms with Gasteiger partial charge in [-0.25, -0.2) is 0 Å². The van der Waals surface area contributed by atoms with E-state index in [1.54, 1.807) is 0 Å². The van der Waals surface area contributed by atoms with Crippen LogP contribution in [0.1, 0.15) is 6.04 Å². The van der Waals surface area contributed by atoms with Gasteiger partial charge < -0.3 is 4.57 Å². The number of nitrogens with zero attached hydrogens (tertiary/aromatic N) is 1. The van der Waals surface area contributed by atoms with Crippen LogP contribution in [0, 0.1) is 0 Å². The molecule has 0 saturated carbocycles. The van der Waals surface area contributed by atoms with E-state index >= 15 is 0 Å². The molecule has 0 N–H and O–H groups in total. The first-order chi connectivity index (χ1) is 4.88. The Labute approximate surface area is 61.3 Å². The van der Waals surface area contributed by atoms with Crippen LogP contribution in [0.15, 0.2) is 49.8 Å². The summed E-state index contributed by atoms with van der Waals surface area (Å²) in [6.07, 6.45) is 7.70. The Kier molecular flexibility index (Phi) is 2.11. The molecule has 1 aromatic rings. The fourth-order valence-corrected chi connectivity index (χ4v) is 0.886. The van der Waals surface area contributed by atoms with Crippen LogP contribution in [-0.2, 0) is 0 Å². The number of aromatic nitrogens is 1. The SMILES string of the molecule is C=CC(C=C)n1cccc1. The predicted molar refractivity (Wildman–Crippen MR) is 43.9 cm³/mol. The van der Waals surface area contributed by atoms with Crippen molar-refractivity contribution < 1.29 is 0 Å². The summed E-state index contributed by atoms with van der Waals surface area (Å²) in [6, 6.07) is 4.20. The van der Waals surface area contributed by atoms with Crippen molar-refractivity contribution in [3.63, 3.8) is 0 Å². The van der Waals surface area contributed by atoms with Crippen LogP contribution in [0.4, 0.5) is 0 Å². The van der Waals surface area contributed by atoms with Gasteiger partial charge in [0, 0.05) is 12.4 Å². The van der Waals surface area contributed by atoms with Crippen LogP contribution in [0.25, 0.3) is 0 Å². The average molecular weight is 133 g/mol. The summed E-state index contributed by atoms with van der Waals surface area (Å²) >= 11 is 0. The maximum Gasteiger partial charge on any atom is 0.0689 e. The van der Waals surface area contributed by atoms with Gasteiger partial charge in [-0.05, 0) is 12.1 Å². The Hall–Kier alpha value is -1.24. The topological polar surface area (TPSA) is 4.93 Å². The summed E-state index contributed by atoms with van der Waals surface area (Å²) in [6.45, 7) is 7.39. The smallest absolute Gasteiger partial charge is 0.0689 e. The molecule has 0 aromatic carbocycles. The zero-order valence-corrected chi connectivity index (χ0v) is 5.90. The second-order valence-corrected chi connectivity index (χ2v) is 2.09. The maximum atomic E-state index is 3.70. The van der Waals surface area contributed by atoms with Crippen molar-refractivity contribution in [1.82, 2.24) is 4.57 Å². The van der Waals surface area contributed by atoms with Gasteiger partial charge in [-0.2, -0.15) is 0 Å². The van der Waals surface area contributed by atoms with Crippen LogP contribution in [0.5, 0.6) is 0 Å². The lowest BCUT2D eigenvalue weighted by atomic mass is 10.3. The van der Waals surface area contributed by atoms with Crippen LogP contribution in [0.2, 0.25) is 0 Å². The Balaban J connectivity index is 2.82. The molecule has 0 atom stereocenters. The summed E-state index contributed by atoms with van der Waals surface area (Å²) in [7, 11) is 0. The van der Waals surface area contributed by atoms with E-state index in [4.69, 9.17) is 0 Å². The molecule has 0 amide bonds. The lowest BCUT2D eigenvalue weighted by Gasteiger charge is -2.07. The van der Waals surface area contributed by atoms with Gasteiger partial charge in [0.15, 0.2) is 0 Å². The van der Waals surface area contributed by atoms with Crippen LogP contribution in [-0.4, -0.2) is 4.57 Å². The highest BCUT2D eigenvalue weighted by atomic mass is 15.0. The van der Waals surface area contributed by atoms with Gasteiger partial charge >= 0.3 is 0 Å². The van der Waals surface area contributed by atoms with E-state index in [2.05, 4.69) is 13.2 Å². The van der Waals surface area contributed by atoms with Crippen LogP contribution in [0.3, 0.4) is 0 Å². The van der Waals surface area contributed by atoms with Gasteiger partial charge in [-0.1, -0.05) is 12.2 Å². The predicted octanol–water partition coefficient (Wildman–Crippen LogP) is 2.40. The van der Waals surface area contributed by atoms with Crippen LogP contribution < -0.4 is 0 Å². The zero-order valence-electron chi connectivity index (χ0n) is 5.90. The Bertz CT molecular complexity index is 201. The molecule has 0 unspecified atom stereocenters. The third-order valence-corrected chi connectivity index (χ3v) is 1.45. The molecule has 0 saturated heterocycles. The second kappa shape index (κ2) is 3.06. The van der Waals surface area contributed by atoms with Crippen molar-refractivity contribution in [2.24, 2.45) is 0 Å². The molecule has 0 bridgehead atoms. The second-order valence-electron chi connectivity index (χ2n) is 2.09. The number of hydrogen-bond donors (Lipinski definition) is 0. The summed E-state index contributed by atoms with van der Waals surface area (Å²) in [5, 5.41) is 0. The van der Waals surface area contributed by atoms with Crippen molar-refractivity contribution >= 4 is 0 Å². The van der Waals surface area contributed by atoms with Gasteiger partial charge in [-0.3, -0.25) is 0 Å². The molecular weight excluding hydrogens is 122 g/mol. The van der Waals surface area contributed by atoms with Gasteiger partial charge in [0.25, 0.3) is 0 Å². The highest BCUT2D eigenvalue weighted by Gasteiger charge is 1.96. The Morgan fingerprint density at radius 3 is 2.00 bits per heavy atom. The van der Waals surface area contributed by atoms with E-state index in [-0.39, 0.29) is 6.04 Å². The van der Waals surface area contributed by atoms with Gasteiger partial charge in [0.1, 0.15) is 0 Å². The van der Waals surface area contributed by atoms with Crippen molar-refractivity contribution in [2.75, 3.05) is 0 Å². The first kappa shape index (κ1) is 6.87. The molecule has 1 heteroatoms. The molecule has 0 fully saturated rings. The van der Waals surface area contributed by atoms with E-state index in [1.807, 2.05) is 41.2 Å². The highest BCUT2D eigenvalue weighted by molar-refractivity contribution is 5.03. The summed E-state index contributed by atoms with van der Waals surface area (Å²) < 4.78 is 2.04. The largest absolute Gasteiger partial charge is 0.344 e. The molecule has 1 nitrogen and oxygen atoms in total. The molecule has 1 rings (SSSR count). The summed E-state index contributed by atoms with van der Waals surface area (Å²) in [4.78, 5) is 0. The Morgan fingerprint density at radius 2 is 1.60 bits per heavy atom. The maximum absolute atomic E-state index is 3.70. The molecule has 1 heterocycles. The van der Waals surface area contributed by atoms with Gasteiger partial charge in [-0.15, -0.1) is 13.2 Å². The Morgan fingerprint density at radius 1 is 1.10 bits per heavy atom. The van der Waals surface area contributed by atoms with E-state index in [0.29, 0.717) is 0 Å². The average Bonchev–Trinajstić information content (AvgIpc) is 2.43. The van der Waals surface area contributed by atoms with Crippen molar-refractivity contribution in [2.45, 2.75) is 6.04 Å². The number of allylic oxidation sites excluding steroid dienone is 2. The molecule has 0 radical (unpaired) electrons. The van der Waals surface area contributed by atoms with Gasteiger partial charge in [0.2, 0.25) is 0 Å². The number of hydrogen-bond acceptors (Lipinski definition) is 0. The summed E-state index contributed by atoms with van der Waals surface area (Å²) in [5.74, 6) is 0. The molecule has 0 aliphatic rings. The van der Waals surface area contributed by atoms with E-state index in [9.17, 15) is 0 Å². The fourth-order valence-electron chi connectivity index (χ4n) is 0.886. The van der Waals surface area contributed by atoms with Crippen molar-refractivity contribution in [3.05, 3.63) is 49.8 Å². The number of rotatable bonds is 3. The molecule has 52 valence electrons. The molecule has 0 aliphatic heterocycles. The highest BCUT2D eigenvalue weighted by Crippen LogP contribution is 2.07. The zero-order chi connectivity index (χ0) is 7.40. The van der Waals surface area contributed by atoms with E-state index in [0.717, 1.165) is 0 Å². The first-order valence-electron chi connectivity index (χ1n) is 3.26. The third-order valence-electron chi connectivity index (χ3n) is 1.45. The molecular formula is C9H11N. The third kappa shape index (κ3) is 1.18. The molecule has 1 aromatic heterocycles. The minimum Gasteiger partial charge on any atom is -0.344 e. The molecule has 0 spiro atoms. The molecule has 0 aliphatic carbocycles. The lowest BCUT2D eigenvalue weighted by Crippen LogP contribution is -1.98. The van der Waals surface area contributed by atoms with Crippen molar-refractivity contribution in [3.8, 4) is 0 Å². The molecule has 10 heavy (non-hydrogen) atoms.